The molecule has 0 aromatic heterocycles. The van der Waals surface area contributed by atoms with Gasteiger partial charge in [0.25, 0.3) is 0 Å². The lowest BCUT2D eigenvalue weighted by atomic mass is 9.87. The van der Waals surface area contributed by atoms with Gasteiger partial charge in [-0.2, -0.15) is 0 Å². The summed E-state index contributed by atoms with van der Waals surface area (Å²) < 4.78 is 0. The van der Waals surface area contributed by atoms with E-state index in [0.717, 1.165) is 6.08 Å². The Labute approximate surface area is 121 Å². The van der Waals surface area contributed by atoms with E-state index in [1.54, 1.807) is 36.4 Å². The van der Waals surface area contributed by atoms with Crippen LogP contribution in [0.4, 0.5) is 0 Å². The first kappa shape index (κ1) is 14.9. The highest BCUT2D eigenvalue weighted by atomic mass is 17.2. The summed E-state index contributed by atoms with van der Waals surface area (Å²) in [6.45, 7) is 3.21. The van der Waals surface area contributed by atoms with Crippen molar-refractivity contribution >= 4 is 11.8 Å². The molecular formula is C16H14O5. The van der Waals surface area contributed by atoms with Gasteiger partial charge in [-0.15, -0.1) is 4.89 Å². The van der Waals surface area contributed by atoms with E-state index in [9.17, 15) is 14.7 Å². The molecule has 1 aromatic carbocycles. The second kappa shape index (κ2) is 6.30. The third-order valence-corrected chi connectivity index (χ3v) is 2.96. The molecule has 2 atom stereocenters. The molecule has 0 spiro atoms. The third kappa shape index (κ3) is 3.34. The number of benzene rings is 1. The van der Waals surface area contributed by atoms with Crippen LogP contribution in [0.15, 0.2) is 67.3 Å². The predicted molar refractivity (Wildman–Crippen MR) is 74.9 cm³/mol. The summed E-state index contributed by atoms with van der Waals surface area (Å²) in [5.74, 6) is -4.30. The fourth-order valence-electron chi connectivity index (χ4n) is 1.89. The van der Waals surface area contributed by atoms with Crippen LogP contribution in [-0.4, -0.2) is 22.6 Å². The zero-order valence-corrected chi connectivity index (χ0v) is 11.1. The molecule has 1 aromatic rings. The van der Waals surface area contributed by atoms with Gasteiger partial charge in [-0.1, -0.05) is 55.1 Å². The van der Waals surface area contributed by atoms with Gasteiger partial charge in [0.1, 0.15) is 5.92 Å². The molecule has 0 aliphatic heterocycles. The van der Waals surface area contributed by atoms with E-state index in [2.05, 4.69) is 11.5 Å². The van der Waals surface area contributed by atoms with Crippen LogP contribution < -0.4 is 0 Å². The lowest BCUT2D eigenvalue weighted by Gasteiger charge is -2.30. The lowest BCUT2D eigenvalue weighted by molar-refractivity contribution is -0.379. The van der Waals surface area contributed by atoms with Crippen LogP contribution in [0.2, 0.25) is 0 Å². The molecule has 0 saturated carbocycles. The van der Waals surface area contributed by atoms with Crippen molar-refractivity contribution < 1.29 is 24.5 Å². The van der Waals surface area contributed by atoms with Gasteiger partial charge in [-0.3, -0.25) is 9.68 Å². The molecule has 1 N–H and O–H groups in total. The molecule has 1 aliphatic carbocycles. The highest BCUT2D eigenvalue weighted by Gasteiger charge is 2.42. The molecule has 1 aliphatic rings. The van der Waals surface area contributed by atoms with Crippen molar-refractivity contribution in [3.8, 4) is 0 Å². The number of Topliss-reactive ketones (excluding diaryl/α,β-unsaturated/α-hetero) is 1. The second-order valence-electron chi connectivity index (χ2n) is 4.39. The largest absolute Gasteiger partial charge is 0.365 e. The van der Waals surface area contributed by atoms with E-state index >= 15 is 0 Å². The number of aliphatic hydroxyl groups is 1. The maximum Gasteiger partial charge on any atom is 0.365 e. The molecule has 108 valence electrons. The van der Waals surface area contributed by atoms with Crippen LogP contribution in [0.5, 0.6) is 0 Å². The molecule has 0 amide bonds. The lowest BCUT2D eigenvalue weighted by Crippen LogP contribution is -2.43. The molecule has 0 saturated heterocycles. The normalized spacial score (nSPS) is 23.6. The van der Waals surface area contributed by atoms with Crippen LogP contribution in [0.3, 0.4) is 0 Å². The molecule has 2 unspecified atom stereocenters. The standard InChI is InChI=1S/C16H14O5/c1-2-14(17)20-21-16(19)11-7-6-10-13(16)15(18)12-8-4-3-5-9-12/h2-11,13,19H,1H2. The average Bonchev–Trinajstić information content (AvgIpc) is 2.53. The molecule has 5 nitrogen and oxygen atoms in total. The first-order chi connectivity index (χ1) is 10.1. The van der Waals surface area contributed by atoms with Crippen LogP contribution in [-0.2, 0) is 14.6 Å². The molecule has 21 heavy (non-hydrogen) atoms. The van der Waals surface area contributed by atoms with Crippen molar-refractivity contribution in [2.45, 2.75) is 5.79 Å². The Kier molecular flexibility index (Phi) is 4.47. The van der Waals surface area contributed by atoms with Crippen molar-refractivity contribution in [3.05, 3.63) is 72.9 Å². The fourth-order valence-corrected chi connectivity index (χ4v) is 1.89. The molecular weight excluding hydrogens is 272 g/mol. The van der Waals surface area contributed by atoms with Gasteiger partial charge in [-0.05, 0) is 6.08 Å². The van der Waals surface area contributed by atoms with Crippen molar-refractivity contribution in [2.24, 2.45) is 5.92 Å². The van der Waals surface area contributed by atoms with Gasteiger partial charge in [0.2, 0.25) is 5.79 Å². The monoisotopic (exact) mass is 286 g/mol. The smallest absolute Gasteiger partial charge is 0.359 e. The minimum absolute atomic E-state index is 0.353. The van der Waals surface area contributed by atoms with Crippen molar-refractivity contribution in [1.82, 2.24) is 0 Å². The summed E-state index contributed by atoms with van der Waals surface area (Å²) in [4.78, 5) is 32.6. The van der Waals surface area contributed by atoms with E-state index in [4.69, 9.17) is 4.89 Å². The van der Waals surface area contributed by atoms with Crippen LogP contribution in [0, 0.1) is 5.92 Å². The Hall–Kier alpha value is -2.50. The molecule has 0 bridgehead atoms. The number of rotatable bonds is 5. The summed E-state index contributed by atoms with van der Waals surface area (Å²) >= 11 is 0. The van der Waals surface area contributed by atoms with Crippen LogP contribution in [0.1, 0.15) is 10.4 Å². The van der Waals surface area contributed by atoms with Gasteiger partial charge < -0.3 is 5.11 Å². The average molecular weight is 286 g/mol. The summed E-state index contributed by atoms with van der Waals surface area (Å²) in [6.07, 6.45) is 6.72. The number of allylic oxidation sites excluding steroid dienone is 2. The van der Waals surface area contributed by atoms with E-state index in [0.29, 0.717) is 5.56 Å². The summed E-state index contributed by atoms with van der Waals surface area (Å²) in [7, 11) is 0. The maximum absolute atomic E-state index is 12.4. The molecule has 2 rings (SSSR count). The highest BCUT2D eigenvalue weighted by Crippen LogP contribution is 2.29. The minimum Gasteiger partial charge on any atom is -0.359 e. The number of carbonyl (C=O) groups excluding carboxylic acids is 2. The van der Waals surface area contributed by atoms with Gasteiger partial charge in [-0.25, -0.2) is 4.79 Å². The number of carbonyl (C=O) groups is 2. The Balaban J connectivity index is 2.21. The van der Waals surface area contributed by atoms with Crippen molar-refractivity contribution in [1.29, 1.82) is 0 Å². The SMILES string of the molecule is C=CC(=O)OOC1(O)C=CC=CC1C(=O)c1ccccc1. The van der Waals surface area contributed by atoms with Crippen molar-refractivity contribution in [2.75, 3.05) is 0 Å². The van der Waals surface area contributed by atoms with Gasteiger partial charge in [0.05, 0.1) is 0 Å². The Morgan fingerprint density at radius 2 is 1.95 bits per heavy atom. The number of ketones is 1. The Morgan fingerprint density at radius 3 is 2.62 bits per heavy atom. The van der Waals surface area contributed by atoms with E-state index in [1.165, 1.54) is 18.2 Å². The van der Waals surface area contributed by atoms with E-state index < -0.39 is 17.7 Å². The highest BCUT2D eigenvalue weighted by molar-refractivity contribution is 5.99. The van der Waals surface area contributed by atoms with Crippen LogP contribution in [0.25, 0.3) is 0 Å². The van der Waals surface area contributed by atoms with Crippen molar-refractivity contribution in [3.63, 3.8) is 0 Å². The second-order valence-corrected chi connectivity index (χ2v) is 4.39. The Morgan fingerprint density at radius 1 is 1.24 bits per heavy atom. The third-order valence-electron chi connectivity index (χ3n) is 2.96. The quantitative estimate of drug-likeness (QED) is 0.294. The summed E-state index contributed by atoms with van der Waals surface area (Å²) in [5, 5.41) is 10.4. The molecule has 0 radical (unpaired) electrons. The van der Waals surface area contributed by atoms with Crippen LogP contribution >= 0.6 is 0 Å². The fraction of sp³-hybridized carbons (Fsp3) is 0.125. The first-order valence-corrected chi connectivity index (χ1v) is 6.26. The number of hydrogen-bond donors (Lipinski definition) is 1. The van der Waals surface area contributed by atoms with E-state index in [-0.39, 0.29) is 5.78 Å². The molecule has 0 fully saturated rings. The molecule has 5 heteroatoms. The summed E-state index contributed by atoms with van der Waals surface area (Å²) in [5.41, 5.74) is 0.416. The summed E-state index contributed by atoms with van der Waals surface area (Å²) in [6, 6.07) is 8.47. The topological polar surface area (TPSA) is 72.8 Å². The Bertz CT molecular complexity index is 602. The van der Waals surface area contributed by atoms with Gasteiger partial charge >= 0.3 is 5.97 Å². The predicted octanol–water partition coefficient (Wildman–Crippen LogP) is 1.96. The molecule has 0 heterocycles. The van der Waals surface area contributed by atoms with E-state index in [1.807, 2.05) is 0 Å². The van der Waals surface area contributed by atoms with Gasteiger partial charge in [0.15, 0.2) is 5.78 Å². The van der Waals surface area contributed by atoms with Gasteiger partial charge in [0, 0.05) is 11.6 Å². The maximum atomic E-state index is 12.4. The zero-order valence-electron chi connectivity index (χ0n) is 11.1. The minimum atomic E-state index is -2.06. The number of hydrogen-bond acceptors (Lipinski definition) is 5. The first-order valence-electron chi connectivity index (χ1n) is 6.26. The zero-order chi connectivity index (χ0) is 15.3.